The Hall–Kier alpha value is -3.30. The molecule has 0 bridgehead atoms. The molecule has 0 saturated carbocycles. The number of furan rings is 1. The van der Waals surface area contributed by atoms with Crippen LogP contribution in [0.1, 0.15) is 22.5 Å². The summed E-state index contributed by atoms with van der Waals surface area (Å²) in [5.74, 6) is 0.752. The first-order valence-electron chi connectivity index (χ1n) is 10.2. The molecular formula is C23H20N4O3S2. The molecule has 0 saturated heterocycles. The molecule has 0 fully saturated rings. The highest BCUT2D eigenvalue weighted by Gasteiger charge is 2.20. The lowest BCUT2D eigenvalue weighted by atomic mass is 10.1. The molecule has 0 aliphatic heterocycles. The third kappa shape index (κ3) is 4.09. The van der Waals surface area contributed by atoms with Gasteiger partial charge in [-0.2, -0.15) is 0 Å². The Bertz CT molecular complexity index is 1430. The van der Waals surface area contributed by atoms with Gasteiger partial charge in [0.05, 0.1) is 4.21 Å². The number of nitrogens with zero attached hydrogens (tertiary/aromatic N) is 3. The molecule has 1 N–H and O–H groups in total. The number of carbonyl (C=O) groups excluding carboxylic acids is 1. The number of fused-ring (bicyclic) bond motifs is 2. The van der Waals surface area contributed by atoms with Crippen molar-refractivity contribution in [2.24, 2.45) is 0 Å². The monoisotopic (exact) mass is 464 g/mol. The summed E-state index contributed by atoms with van der Waals surface area (Å²) in [5, 5.41) is 10.2. The van der Waals surface area contributed by atoms with E-state index in [-0.39, 0.29) is 11.6 Å². The van der Waals surface area contributed by atoms with Crippen LogP contribution >= 0.6 is 23.1 Å². The summed E-state index contributed by atoms with van der Waals surface area (Å²) >= 11 is 3.37. The molecule has 1 aromatic carbocycles. The molecule has 9 heteroatoms. The Kier molecular flexibility index (Phi) is 5.83. The number of thioether (sulfide) groups is 1. The number of carbonyl (C=O) groups is 1. The maximum absolute atomic E-state index is 12.9. The maximum atomic E-state index is 12.9. The Labute approximate surface area is 191 Å². The topological polar surface area (TPSA) is 81.5 Å². The van der Waals surface area contributed by atoms with Gasteiger partial charge in [-0.1, -0.05) is 30.3 Å². The zero-order chi connectivity index (χ0) is 21.9. The standard InChI is InChI=1S/C23H20N4O3S2/c28-22(24-11-6-13-27-23(29)26-12-4-3-9-19(26)25-27)21-17(15-32-20-10-5-14-31-20)16-7-1-2-8-18(16)30-21/h1-5,7-10,12,14H,6,11,13,15H2,(H,24,28). The van der Waals surface area contributed by atoms with E-state index in [0.29, 0.717) is 42.3 Å². The first-order chi connectivity index (χ1) is 15.7. The molecule has 0 radical (unpaired) electrons. The van der Waals surface area contributed by atoms with E-state index in [4.69, 9.17) is 4.42 Å². The van der Waals surface area contributed by atoms with E-state index in [1.165, 1.54) is 13.3 Å². The summed E-state index contributed by atoms with van der Waals surface area (Å²) in [5.41, 5.74) is 2.03. The Balaban J connectivity index is 1.26. The lowest BCUT2D eigenvalue weighted by Crippen LogP contribution is -2.27. The van der Waals surface area contributed by atoms with Crippen LogP contribution in [0.25, 0.3) is 16.6 Å². The molecule has 0 unspecified atom stereocenters. The van der Waals surface area contributed by atoms with Gasteiger partial charge in [-0.05, 0) is 36.1 Å². The van der Waals surface area contributed by atoms with Crippen LogP contribution in [0.4, 0.5) is 0 Å². The van der Waals surface area contributed by atoms with Crippen LogP contribution in [-0.2, 0) is 12.3 Å². The lowest BCUT2D eigenvalue weighted by Gasteiger charge is -2.05. The third-order valence-electron chi connectivity index (χ3n) is 5.08. The summed E-state index contributed by atoms with van der Waals surface area (Å²) in [4.78, 5) is 25.3. The van der Waals surface area contributed by atoms with E-state index in [2.05, 4.69) is 16.5 Å². The van der Waals surface area contributed by atoms with E-state index in [9.17, 15) is 9.59 Å². The molecule has 4 aromatic heterocycles. The van der Waals surface area contributed by atoms with Gasteiger partial charge >= 0.3 is 5.69 Å². The molecule has 7 nitrogen and oxygen atoms in total. The minimum absolute atomic E-state index is 0.183. The first-order valence-corrected chi connectivity index (χ1v) is 12.1. The molecule has 4 heterocycles. The van der Waals surface area contributed by atoms with Crippen molar-refractivity contribution in [1.29, 1.82) is 0 Å². The number of rotatable bonds is 8. The van der Waals surface area contributed by atoms with Crippen LogP contribution in [0.5, 0.6) is 0 Å². The van der Waals surface area contributed by atoms with Crippen molar-refractivity contribution in [3.63, 3.8) is 0 Å². The SMILES string of the molecule is O=C(NCCCn1nc2ccccn2c1=O)c1oc2ccccc2c1CSc1cccs1. The fraction of sp³-hybridized carbons (Fsp3) is 0.174. The molecule has 0 aliphatic rings. The summed E-state index contributed by atoms with van der Waals surface area (Å²) in [7, 11) is 0. The highest BCUT2D eigenvalue weighted by atomic mass is 32.2. The van der Waals surface area contributed by atoms with Crippen molar-refractivity contribution >= 4 is 45.6 Å². The number of nitrogens with one attached hydrogen (secondary N) is 1. The van der Waals surface area contributed by atoms with Crippen LogP contribution in [0, 0.1) is 0 Å². The van der Waals surface area contributed by atoms with Crippen LogP contribution in [-0.4, -0.2) is 26.6 Å². The second kappa shape index (κ2) is 9.05. The smallest absolute Gasteiger partial charge is 0.350 e. The number of aryl methyl sites for hydroxylation is 1. The second-order valence-corrected chi connectivity index (χ2v) is 9.39. The minimum atomic E-state index is -0.245. The summed E-state index contributed by atoms with van der Waals surface area (Å²) < 4.78 is 10.0. The fourth-order valence-corrected chi connectivity index (χ4v) is 5.35. The van der Waals surface area contributed by atoms with Gasteiger partial charge in [0.15, 0.2) is 11.4 Å². The predicted octanol–water partition coefficient (Wildman–Crippen LogP) is 4.42. The number of hydrogen-bond donors (Lipinski definition) is 1. The van der Waals surface area contributed by atoms with Crippen molar-refractivity contribution in [3.05, 3.63) is 88.0 Å². The van der Waals surface area contributed by atoms with Gasteiger partial charge in [-0.25, -0.2) is 9.48 Å². The summed E-state index contributed by atoms with van der Waals surface area (Å²) in [6, 6.07) is 17.2. The second-order valence-electron chi connectivity index (χ2n) is 7.17. The molecular weight excluding hydrogens is 444 g/mol. The fourth-order valence-electron chi connectivity index (χ4n) is 3.54. The summed E-state index contributed by atoms with van der Waals surface area (Å²) in [6.07, 6.45) is 2.27. The molecule has 5 rings (SSSR count). The predicted molar refractivity (Wildman–Crippen MR) is 126 cm³/mol. The molecule has 0 aliphatic carbocycles. The summed E-state index contributed by atoms with van der Waals surface area (Å²) in [6.45, 7) is 0.829. The van der Waals surface area contributed by atoms with Crippen molar-refractivity contribution < 1.29 is 9.21 Å². The normalized spacial score (nSPS) is 11.4. The minimum Gasteiger partial charge on any atom is -0.451 e. The Morgan fingerprint density at radius 2 is 2.00 bits per heavy atom. The maximum Gasteiger partial charge on any atom is 0.350 e. The zero-order valence-corrected chi connectivity index (χ0v) is 18.7. The van der Waals surface area contributed by atoms with Gasteiger partial charge in [0.2, 0.25) is 0 Å². The average molecular weight is 465 g/mol. The van der Waals surface area contributed by atoms with Crippen LogP contribution < -0.4 is 11.0 Å². The van der Waals surface area contributed by atoms with Gasteiger partial charge in [-0.15, -0.1) is 28.2 Å². The first kappa shape index (κ1) is 20.6. The molecule has 1 amide bonds. The highest BCUT2D eigenvalue weighted by Crippen LogP contribution is 2.33. The van der Waals surface area contributed by atoms with Crippen molar-refractivity contribution in [1.82, 2.24) is 19.5 Å². The van der Waals surface area contributed by atoms with E-state index in [1.54, 1.807) is 41.4 Å². The average Bonchev–Trinajstić information content (AvgIpc) is 3.53. The van der Waals surface area contributed by atoms with Gasteiger partial charge < -0.3 is 9.73 Å². The number of para-hydroxylation sites is 1. The Morgan fingerprint density at radius 1 is 1.12 bits per heavy atom. The van der Waals surface area contributed by atoms with E-state index >= 15 is 0 Å². The zero-order valence-electron chi connectivity index (χ0n) is 17.1. The molecule has 0 spiro atoms. The number of amides is 1. The van der Waals surface area contributed by atoms with Crippen molar-refractivity contribution in [2.45, 2.75) is 22.9 Å². The van der Waals surface area contributed by atoms with Gasteiger partial charge in [0, 0.05) is 36.0 Å². The highest BCUT2D eigenvalue weighted by molar-refractivity contribution is 8.00. The quantitative estimate of drug-likeness (QED) is 0.272. The van der Waals surface area contributed by atoms with E-state index in [0.717, 1.165) is 10.9 Å². The molecule has 5 aromatic rings. The number of aromatic nitrogens is 3. The van der Waals surface area contributed by atoms with Crippen LogP contribution in [0.3, 0.4) is 0 Å². The number of hydrogen-bond acceptors (Lipinski definition) is 6. The largest absolute Gasteiger partial charge is 0.451 e. The van der Waals surface area contributed by atoms with Crippen LogP contribution in [0.2, 0.25) is 0 Å². The van der Waals surface area contributed by atoms with E-state index < -0.39 is 0 Å². The number of pyridine rings is 1. The lowest BCUT2D eigenvalue weighted by molar-refractivity contribution is 0.0926. The van der Waals surface area contributed by atoms with Gasteiger partial charge in [-0.3, -0.25) is 9.20 Å². The van der Waals surface area contributed by atoms with Gasteiger partial charge in [0.25, 0.3) is 5.91 Å². The number of thiophene rings is 1. The molecule has 32 heavy (non-hydrogen) atoms. The van der Waals surface area contributed by atoms with Crippen LogP contribution in [0.15, 0.2) is 79.6 Å². The third-order valence-corrected chi connectivity index (χ3v) is 7.24. The van der Waals surface area contributed by atoms with Crippen molar-refractivity contribution in [3.8, 4) is 0 Å². The Morgan fingerprint density at radius 3 is 2.84 bits per heavy atom. The van der Waals surface area contributed by atoms with Crippen molar-refractivity contribution in [2.75, 3.05) is 6.54 Å². The number of benzene rings is 1. The van der Waals surface area contributed by atoms with E-state index in [1.807, 2.05) is 41.8 Å². The molecule has 162 valence electrons. The molecule has 0 atom stereocenters. The van der Waals surface area contributed by atoms with Gasteiger partial charge in [0.1, 0.15) is 5.58 Å².